The zero-order chi connectivity index (χ0) is 18.8. The standard InChI is InChI=1S/C21H26N2O4/c1-2-26-21(25)23-8-6-17(7-9-23)22-20(24)12-16-13-27-19-11-15-5-3-4-14(15)10-18(16)19/h10-11,13,17H,2-9,12H2,1H3,(H,22,24). The molecule has 2 aromatic rings. The number of carbonyl (C=O) groups is 2. The molecule has 1 aliphatic carbocycles. The number of rotatable bonds is 4. The van der Waals surface area contributed by atoms with E-state index in [0.29, 0.717) is 26.1 Å². The highest BCUT2D eigenvalue weighted by Crippen LogP contribution is 2.30. The minimum atomic E-state index is -0.264. The molecule has 0 bridgehead atoms. The molecule has 1 saturated heterocycles. The molecule has 0 unspecified atom stereocenters. The number of hydrogen-bond acceptors (Lipinski definition) is 4. The van der Waals surface area contributed by atoms with Crippen molar-refractivity contribution < 1.29 is 18.7 Å². The number of amides is 2. The maximum atomic E-state index is 12.5. The molecule has 0 radical (unpaired) electrons. The Morgan fingerprint density at radius 1 is 1.22 bits per heavy atom. The maximum Gasteiger partial charge on any atom is 0.409 e. The fourth-order valence-electron chi connectivity index (χ4n) is 4.16. The molecule has 2 amide bonds. The molecule has 2 aliphatic rings. The molecule has 27 heavy (non-hydrogen) atoms. The molecule has 0 atom stereocenters. The number of carbonyl (C=O) groups excluding carboxylic acids is 2. The monoisotopic (exact) mass is 370 g/mol. The van der Waals surface area contributed by atoms with Crippen molar-refractivity contribution in [2.75, 3.05) is 19.7 Å². The van der Waals surface area contributed by atoms with Gasteiger partial charge in [0.25, 0.3) is 0 Å². The molecule has 1 N–H and O–H groups in total. The van der Waals surface area contributed by atoms with Gasteiger partial charge < -0.3 is 19.4 Å². The fraction of sp³-hybridized carbons (Fsp3) is 0.524. The summed E-state index contributed by atoms with van der Waals surface area (Å²) in [4.78, 5) is 26.0. The number of hydrogen-bond donors (Lipinski definition) is 1. The zero-order valence-corrected chi connectivity index (χ0v) is 15.8. The van der Waals surface area contributed by atoms with E-state index in [4.69, 9.17) is 9.15 Å². The Morgan fingerprint density at radius 3 is 2.70 bits per heavy atom. The molecule has 1 aliphatic heterocycles. The molecule has 6 nitrogen and oxygen atoms in total. The van der Waals surface area contributed by atoms with E-state index < -0.39 is 0 Å². The van der Waals surface area contributed by atoms with Gasteiger partial charge >= 0.3 is 6.09 Å². The van der Waals surface area contributed by atoms with E-state index in [1.54, 1.807) is 18.1 Å². The second kappa shape index (κ2) is 7.62. The third-order valence-electron chi connectivity index (χ3n) is 5.61. The van der Waals surface area contributed by atoms with Crippen molar-refractivity contribution in [1.29, 1.82) is 0 Å². The fourth-order valence-corrected chi connectivity index (χ4v) is 4.16. The lowest BCUT2D eigenvalue weighted by Crippen LogP contribution is -2.47. The quantitative estimate of drug-likeness (QED) is 0.897. The van der Waals surface area contributed by atoms with E-state index in [0.717, 1.165) is 42.2 Å². The van der Waals surface area contributed by atoms with Crippen LogP contribution in [0.2, 0.25) is 0 Å². The van der Waals surface area contributed by atoms with Crippen LogP contribution in [0.4, 0.5) is 4.79 Å². The first-order valence-electron chi connectivity index (χ1n) is 9.87. The molecular formula is C21H26N2O4. The SMILES string of the molecule is CCOC(=O)N1CCC(NC(=O)Cc2coc3cc4c(cc23)CCC4)CC1. The van der Waals surface area contributed by atoms with E-state index in [1.165, 1.54) is 17.5 Å². The number of aryl methyl sites for hydroxylation is 2. The van der Waals surface area contributed by atoms with Crippen LogP contribution in [0.25, 0.3) is 11.0 Å². The van der Waals surface area contributed by atoms with Gasteiger partial charge in [0.1, 0.15) is 5.58 Å². The number of nitrogens with zero attached hydrogens (tertiary/aromatic N) is 1. The summed E-state index contributed by atoms with van der Waals surface area (Å²) in [5.74, 6) is 0.00721. The minimum Gasteiger partial charge on any atom is -0.464 e. The molecule has 1 fully saturated rings. The number of nitrogens with one attached hydrogen (secondary N) is 1. The van der Waals surface area contributed by atoms with Crippen LogP contribution in [0.15, 0.2) is 22.8 Å². The maximum absolute atomic E-state index is 12.5. The third-order valence-corrected chi connectivity index (χ3v) is 5.61. The van der Waals surface area contributed by atoms with Crippen LogP contribution in [-0.4, -0.2) is 42.6 Å². The smallest absolute Gasteiger partial charge is 0.409 e. The molecule has 2 heterocycles. The predicted molar refractivity (Wildman–Crippen MR) is 102 cm³/mol. The van der Waals surface area contributed by atoms with Crippen LogP contribution >= 0.6 is 0 Å². The van der Waals surface area contributed by atoms with E-state index in [-0.39, 0.29) is 18.0 Å². The molecule has 0 spiro atoms. The summed E-state index contributed by atoms with van der Waals surface area (Å²) < 4.78 is 10.7. The van der Waals surface area contributed by atoms with Gasteiger partial charge in [-0.25, -0.2) is 4.79 Å². The van der Waals surface area contributed by atoms with Crippen molar-refractivity contribution in [2.24, 2.45) is 0 Å². The third kappa shape index (κ3) is 3.80. The highest BCUT2D eigenvalue weighted by atomic mass is 16.6. The number of likely N-dealkylation sites (tertiary alicyclic amines) is 1. The van der Waals surface area contributed by atoms with Gasteiger partial charge in [0.2, 0.25) is 5.91 Å². The van der Waals surface area contributed by atoms with Gasteiger partial charge in [-0.2, -0.15) is 0 Å². The van der Waals surface area contributed by atoms with Crippen LogP contribution in [0.5, 0.6) is 0 Å². The van der Waals surface area contributed by atoms with Gasteiger partial charge in [0.05, 0.1) is 19.3 Å². The van der Waals surface area contributed by atoms with Crippen molar-refractivity contribution in [3.63, 3.8) is 0 Å². The Balaban J connectivity index is 1.34. The number of furan rings is 1. The average molecular weight is 370 g/mol. The van der Waals surface area contributed by atoms with Gasteiger partial charge in [-0.15, -0.1) is 0 Å². The second-order valence-electron chi connectivity index (χ2n) is 7.44. The Bertz CT molecular complexity index is 849. The summed E-state index contributed by atoms with van der Waals surface area (Å²) in [6.07, 6.45) is 6.70. The van der Waals surface area contributed by atoms with Crippen molar-refractivity contribution in [1.82, 2.24) is 10.2 Å². The zero-order valence-electron chi connectivity index (χ0n) is 15.8. The molecular weight excluding hydrogens is 344 g/mol. The normalized spacial score (nSPS) is 17.1. The Kier molecular flexibility index (Phi) is 5.05. The summed E-state index contributed by atoms with van der Waals surface area (Å²) >= 11 is 0. The van der Waals surface area contributed by atoms with Crippen LogP contribution in [0.3, 0.4) is 0 Å². The first-order chi connectivity index (χ1) is 13.1. The van der Waals surface area contributed by atoms with Crippen molar-refractivity contribution in [2.45, 2.75) is 51.5 Å². The van der Waals surface area contributed by atoms with E-state index in [9.17, 15) is 9.59 Å². The van der Waals surface area contributed by atoms with Crippen LogP contribution in [-0.2, 0) is 28.8 Å². The minimum absolute atomic E-state index is 0.00721. The van der Waals surface area contributed by atoms with Crippen molar-refractivity contribution in [3.8, 4) is 0 Å². The summed E-state index contributed by atoms with van der Waals surface area (Å²) in [6, 6.07) is 4.43. The van der Waals surface area contributed by atoms with Gasteiger partial charge in [-0.1, -0.05) is 0 Å². The predicted octanol–water partition coefficient (Wildman–Crippen LogP) is 3.20. The van der Waals surface area contributed by atoms with E-state index >= 15 is 0 Å². The van der Waals surface area contributed by atoms with Crippen LogP contribution in [0.1, 0.15) is 42.9 Å². The van der Waals surface area contributed by atoms with Crippen molar-refractivity contribution in [3.05, 3.63) is 35.1 Å². The van der Waals surface area contributed by atoms with Gasteiger partial charge in [0.15, 0.2) is 0 Å². The molecule has 0 saturated carbocycles. The van der Waals surface area contributed by atoms with Crippen molar-refractivity contribution >= 4 is 23.0 Å². The molecule has 144 valence electrons. The lowest BCUT2D eigenvalue weighted by Gasteiger charge is -2.31. The first-order valence-corrected chi connectivity index (χ1v) is 9.87. The second-order valence-corrected chi connectivity index (χ2v) is 7.44. The van der Waals surface area contributed by atoms with Gasteiger partial charge in [0, 0.05) is 30.1 Å². The van der Waals surface area contributed by atoms with Gasteiger partial charge in [-0.3, -0.25) is 4.79 Å². The summed E-state index contributed by atoms with van der Waals surface area (Å²) in [7, 11) is 0. The van der Waals surface area contributed by atoms with Gasteiger partial charge in [-0.05, 0) is 62.3 Å². The Morgan fingerprint density at radius 2 is 1.96 bits per heavy atom. The number of piperidine rings is 1. The highest BCUT2D eigenvalue weighted by Gasteiger charge is 2.25. The highest BCUT2D eigenvalue weighted by molar-refractivity contribution is 5.88. The molecule has 6 heteroatoms. The van der Waals surface area contributed by atoms with Crippen LogP contribution < -0.4 is 5.32 Å². The summed E-state index contributed by atoms with van der Waals surface area (Å²) in [5.41, 5.74) is 4.58. The Hall–Kier alpha value is -2.50. The molecule has 1 aromatic heterocycles. The number of fused-ring (bicyclic) bond motifs is 2. The molecule has 4 rings (SSSR count). The first kappa shape index (κ1) is 17.9. The Labute approximate surface area is 158 Å². The van der Waals surface area contributed by atoms with E-state index in [2.05, 4.69) is 17.4 Å². The van der Waals surface area contributed by atoms with Crippen LogP contribution in [0, 0.1) is 0 Å². The number of benzene rings is 1. The molecule has 1 aromatic carbocycles. The lowest BCUT2D eigenvalue weighted by atomic mass is 10.0. The van der Waals surface area contributed by atoms with E-state index in [1.807, 2.05) is 0 Å². The number of ether oxygens (including phenoxy) is 1. The summed E-state index contributed by atoms with van der Waals surface area (Å²) in [5, 5.41) is 4.16. The summed E-state index contributed by atoms with van der Waals surface area (Å²) in [6.45, 7) is 3.42. The largest absolute Gasteiger partial charge is 0.464 e. The average Bonchev–Trinajstić information content (AvgIpc) is 3.27. The topological polar surface area (TPSA) is 71.8 Å². The lowest BCUT2D eigenvalue weighted by molar-refractivity contribution is -0.121.